The summed E-state index contributed by atoms with van der Waals surface area (Å²) in [5.74, 6) is -1.29. The quantitative estimate of drug-likeness (QED) is 0.366. The van der Waals surface area contributed by atoms with Gasteiger partial charge in [-0.15, -0.1) is 11.3 Å². The number of amides is 2. The monoisotopic (exact) mass is 492 g/mol. The zero-order valence-corrected chi connectivity index (χ0v) is 20.2. The number of benzene rings is 2. The van der Waals surface area contributed by atoms with E-state index in [1.807, 2.05) is 42.6 Å². The number of rotatable bonds is 10. The van der Waals surface area contributed by atoms with E-state index in [0.717, 1.165) is 22.3 Å². The molecule has 0 aliphatic heterocycles. The van der Waals surface area contributed by atoms with E-state index < -0.39 is 18.1 Å². The van der Waals surface area contributed by atoms with Gasteiger partial charge < -0.3 is 20.5 Å². The van der Waals surface area contributed by atoms with Crippen LogP contribution >= 0.6 is 11.3 Å². The van der Waals surface area contributed by atoms with Gasteiger partial charge in [0.25, 0.3) is 0 Å². The van der Waals surface area contributed by atoms with E-state index in [4.69, 9.17) is 9.84 Å². The summed E-state index contributed by atoms with van der Waals surface area (Å²) >= 11 is 1.37. The van der Waals surface area contributed by atoms with Crippen LogP contribution < -0.4 is 10.6 Å². The molecule has 0 radical (unpaired) electrons. The molecular formula is C27H28N2O5S. The molecule has 2 aromatic carbocycles. The summed E-state index contributed by atoms with van der Waals surface area (Å²) in [5.41, 5.74) is 4.52. The molecule has 1 aliphatic carbocycles. The molecule has 2 unspecified atom stereocenters. The molecule has 8 heteroatoms. The van der Waals surface area contributed by atoms with Crippen LogP contribution in [0.25, 0.3) is 11.1 Å². The van der Waals surface area contributed by atoms with Crippen molar-refractivity contribution >= 4 is 29.3 Å². The van der Waals surface area contributed by atoms with Crippen molar-refractivity contribution < 1.29 is 24.2 Å². The van der Waals surface area contributed by atoms with Crippen LogP contribution in [0.15, 0.2) is 66.0 Å². The normalized spacial score (nSPS) is 13.9. The lowest BCUT2D eigenvalue weighted by atomic mass is 9.98. The van der Waals surface area contributed by atoms with E-state index in [1.54, 1.807) is 6.07 Å². The van der Waals surface area contributed by atoms with Crippen LogP contribution in [-0.4, -0.2) is 35.7 Å². The van der Waals surface area contributed by atoms with E-state index in [-0.39, 0.29) is 30.9 Å². The van der Waals surface area contributed by atoms with Crippen molar-refractivity contribution in [3.8, 4) is 11.1 Å². The van der Waals surface area contributed by atoms with Gasteiger partial charge in [0.05, 0.1) is 0 Å². The lowest BCUT2D eigenvalue weighted by molar-refractivity contribution is -0.137. The molecule has 3 N–H and O–H groups in total. The fourth-order valence-corrected chi connectivity index (χ4v) is 5.21. The van der Waals surface area contributed by atoms with E-state index in [0.29, 0.717) is 17.7 Å². The lowest BCUT2D eigenvalue weighted by Gasteiger charge is -2.21. The number of hydrogen-bond acceptors (Lipinski definition) is 5. The second-order valence-corrected chi connectivity index (χ2v) is 9.59. The van der Waals surface area contributed by atoms with Crippen LogP contribution in [0.4, 0.5) is 4.79 Å². The minimum Gasteiger partial charge on any atom is -0.481 e. The Bertz CT molecular complexity index is 1150. The minimum absolute atomic E-state index is 0.0482. The highest BCUT2D eigenvalue weighted by molar-refractivity contribution is 7.10. The van der Waals surface area contributed by atoms with Gasteiger partial charge in [-0.2, -0.15) is 0 Å². The molecular weight excluding hydrogens is 464 g/mol. The number of carbonyl (C=O) groups is 3. The topological polar surface area (TPSA) is 105 Å². The predicted octanol–water partition coefficient (Wildman–Crippen LogP) is 5.09. The minimum atomic E-state index is -0.896. The third kappa shape index (κ3) is 5.89. The maximum Gasteiger partial charge on any atom is 0.408 e. The molecule has 1 aromatic heterocycles. The van der Waals surface area contributed by atoms with E-state index in [1.165, 1.54) is 11.3 Å². The molecule has 0 saturated heterocycles. The maximum atomic E-state index is 13.0. The average Bonchev–Trinajstić information content (AvgIpc) is 3.47. The summed E-state index contributed by atoms with van der Waals surface area (Å²) in [5, 5.41) is 16.2. The van der Waals surface area contributed by atoms with Gasteiger partial charge in [-0.3, -0.25) is 9.59 Å². The van der Waals surface area contributed by atoms with Gasteiger partial charge in [-0.05, 0) is 53.5 Å². The van der Waals surface area contributed by atoms with Crippen molar-refractivity contribution in [3.05, 3.63) is 82.0 Å². The van der Waals surface area contributed by atoms with Crippen molar-refractivity contribution in [2.75, 3.05) is 6.61 Å². The van der Waals surface area contributed by atoms with Gasteiger partial charge in [-0.1, -0.05) is 54.6 Å². The zero-order chi connectivity index (χ0) is 24.8. The van der Waals surface area contributed by atoms with Crippen LogP contribution in [0.3, 0.4) is 0 Å². The summed E-state index contributed by atoms with van der Waals surface area (Å²) in [6.07, 6.45) is 0.367. The number of alkyl carbamates (subject to hydrolysis) is 1. The second-order valence-electron chi connectivity index (χ2n) is 8.61. The Kier molecular flexibility index (Phi) is 7.82. The molecule has 1 heterocycles. The van der Waals surface area contributed by atoms with Crippen molar-refractivity contribution in [1.82, 2.24) is 10.6 Å². The van der Waals surface area contributed by atoms with Crippen LogP contribution in [0.2, 0.25) is 0 Å². The third-order valence-electron chi connectivity index (χ3n) is 6.11. The van der Waals surface area contributed by atoms with Crippen LogP contribution in [0.5, 0.6) is 0 Å². The first kappa shape index (κ1) is 24.5. The molecule has 0 saturated carbocycles. The molecule has 0 bridgehead atoms. The summed E-state index contributed by atoms with van der Waals surface area (Å²) in [7, 11) is 0. The van der Waals surface area contributed by atoms with Crippen LogP contribution in [-0.2, 0) is 14.3 Å². The van der Waals surface area contributed by atoms with Crippen LogP contribution in [0.1, 0.15) is 54.1 Å². The number of fused-ring (bicyclic) bond motifs is 3. The van der Waals surface area contributed by atoms with Gasteiger partial charge in [-0.25, -0.2) is 4.79 Å². The Morgan fingerprint density at radius 3 is 2.23 bits per heavy atom. The molecule has 35 heavy (non-hydrogen) atoms. The number of nitrogens with one attached hydrogen (secondary N) is 2. The maximum absolute atomic E-state index is 13.0. The van der Waals surface area contributed by atoms with Crippen molar-refractivity contribution in [2.24, 2.45) is 0 Å². The summed E-state index contributed by atoms with van der Waals surface area (Å²) in [6, 6.07) is 18.7. The Balaban J connectivity index is 1.39. The third-order valence-corrected chi connectivity index (χ3v) is 7.05. The molecule has 2 atom stereocenters. The van der Waals surface area contributed by atoms with Gasteiger partial charge in [0, 0.05) is 23.3 Å². The van der Waals surface area contributed by atoms with Gasteiger partial charge >= 0.3 is 12.1 Å². The number of thiophene rings is 1. The average molecular weight is 493 g/mol. The lowest BCUT2D eigenvalue weighted by Crippen LogP contribution is -2.43. The van der Waals surface area contributed by atoms with Gasteiger partial charge in [0.15, 0.2) is 0 Å². The Morgan fingerprint density at radius 1 is 0.971 bits per heavy atom. The number of aliphatic carboxylic acids is 1. The highest BCUT2D eigenvalue weighted by Gasteiger charge is 2.30. The largest absolute Gasteiger partial charge is 0.481 e. The van der Waals surface area contributed by atoms with E-state index in [2.05, 4.69) is 34.9 Å². The standard InChI is InChI=1S/C27H28N2O5S/c1-17(8-6-14-24(30)31)28-26(32)25(23-13-7-15-35-23)29-27(33)34-16-22-20-11-4-2-9-18(20)19-10-3-5-12-21(19)22/h2-5,7,9-13,15,17,22,25H,6,8,14,16H2,1H3,(H,28,32)(H,29,33)(H,30,31). The van der Waals surface area contributed by atoms with Crippen molar-refractivity contribution in [1.29, 1.82) is 0 Å². The van der Waals surface area contributed by atoms with Crippen molar-refractivity contribution in [3.63, 3.8) is 0 Å². The Morgan fingerprint density at radius 2 is 1.63 bits per heavy atom. The first-order valence-electron chi connectivity index (χ1n) is 11.6. The van der Waals surface area contributed by atoms with E-state index in [9.17, 15) is 14.4 Å². The number of carboxylic acid groups (broad SMARTS) is 1. The predicted molar refractivity (Wildman–Crippen MR) is 134 cm³/mol. The summed E-state index contributed by atoms with van der Waals surface area (Å²) in [4.78, 5) is 37.2. The zero-order valence-electron chi connectivity index (χ0n) is 19.4. The molecule has 182 valence electrons. The summed E-state index contributed by atoms with van der Waals surface area (Å²) in [6.45, 7) is 1.97. The second kappa shape index (κ2) is 11.2. The highest BCUT2D eigenvalue weighted by Crippen LogP contribution is 2.44. The smallest absolute Gasteiger partial charge is 0.408 e. The van der Waals surface area contributed by atoms with Gasteiger partial charge in [0.1, 0.15) is 12.6 Å². The number of ether oxygens (including phenoxy) is 1. The number of hydrogen-bond donors (Lipinski definition) is 3. The fourth-order valence-electron chi connectivity index (χ4n) is 4.44. The molecule has 0 fully saturated rings. The fraction of sp³-hybridized carbons (Fsp3) is 0.296. The number of carbonyl (C=O) groups excluding carboxylic acids is 2. The molecule has 7 nitrogen and oxygen atoms in total. The van der Waals surface area contributed by atoms with Crippen molar-refractivity contribution in [2.45, 2.75) is 44.2 Å². The van der Waals surface area contributed by atoms with Gasteiger partial charge in [0.2, 0.25) is 5.91 Å². The molecule has 3 aromatic rings. The Labute approximate surface area is 208 Å². The highest BCUT2D eigenvalue weighted by atomic mass is 32.1. The molecule has 1 aliphatic rings. The first-order valence-corrected chi connectivity index (χ1v) is 12.5. The molecule has 0 spiro atoms. The van der Waals surface area contributed by atoms with Crippen LogP contribution in [0, 0.1) is 0 Å². The van der Waals surface area contributed by atoms with E-state index >= 15 is 0 Å². The molecule has 2 amide bonds. The number of carboxylic acids is 1. The SMILES string of the molecule is CC(CCCC(=O)O)NC(=O)C(NC(=O)OCC1c2ccccc2-c2ccccc21)c1cccs1. The Hall–Kier alpha value is -3.65. The molecule has 4 rings (SSSR count). The summed E-state index contributed by atoms with van der Waals surface area (Å²) < 4.78 is 5.62. The first-order chi connectivity index (χ1) is 16.9.